The number of hydrogen-bond donors (Lipinski definition) is 2. The summed E-state index contributed by atoms with van der Waals surface area (Å²) in [5.74, 6) is 0. The smallest absolute Gasteiger partial charge is 0.0868 e. The Morgan fingerprint density at radius 2 is 2.44 bits per heavy atom. The Hall–Kier alpha value is -0.280. The molecule has 0 saturated carbocycles. The van der Waals surface area contributed by atoms with Gasteiger partial charge in [-0.05, 0) is 28.9 Å². The number of aromatic amines is 1. The zero-order valence-electron chi connectivity index (χ0n) is 5.19. The van der Waals surface area contributed by atoms with Gasteiger partial charge in [-0.25, -0.2) is 0 Å². The standard InChI is InChI=1S/C6H9BrN2/c1-4(8)5-2-3-9-6(5)7/h2-4,9H,8H2,1H3/t4-/m1/s1. The fraction of sp³-hybridized carbons (Fsp3) is 0.333. The van der Waals surface area contributed by atoms with Crippen molar-refractivity contribution in [3.05, 3.63) is 22.4 Å². The van der Waals surface area contributed by atoms with Crippen molar-refractivity contribution < 1.29 is 0 Å². The van der Waals surface area contributed by atoms with Crippen LogP contribution >= 0.6 is 15.9 Å². The van der Waals surface area contributed by atoms with Crippen LogP contribution in [0.2, 0.25) is 0 Å². The number of halogens is 1. The summed E-state index contributed by atoms with van der Waals surface area (Å²) in [6.45, 7) is 1.95. The summed E-state index contributed by atoms with van der Waals surface area (Å²) < 4.78 is 0.984. The highest BCUT2D eigenvalue weighted by Gasteiger charge is 2.03. The molecule has 0 fully saturated rings. The van der Waals surface area contributed by atoms with Gasteiger partial charge < -0.3 is 10.7 Å². The number of nitrogens with one attached hydrogen (secondary N) is 1. The zero-order chi connectivity index (χ0) is 6.85. The lowest BCUT2D eigenvalue weighted by molar-refractivity contribution is 0.814. The van der Waals surface area contributed by atoms with E-state index >= 15 is 0 Å². The van der Waals surface area contributed by atoms with Crippen molar-refractivity contribution in [1.29, 1.82) is 0 Å². The van der Waals surface area contributed by atoms with E-state index in [1.165, 1.54) is 0 Å². The minimum absolute atomic E-state index is 0.102. The molecule has 0 unspecified atom stereocenters. The molecule has 2 nitrogen and oxygen atoms in total. The maximum atomic E-state index is 5.61. The lowest BCUT2D eigenvalue weighted by Crippen LogP contribution is -2.03. The second kappa shape index (κ2) is 2.54. The number of rotatable bonds is 1. The molecule has 1 heterocycles. The average Bonchev–Trinajstić information content (AvgIpc) is 2.13. The third-order valence-corrected chi connectivity index (χ3v) is 1.90. The first-order valence-electron chi connectivity index (χ1n) is 2.80. The van der Waals surface area contributed by atoms with E-state index in [4.69, 9.17) is 5.73 Å². The molecule has 50 valence electrons. The summed E-state index contributed by atoms with van der Waals surface area (Å²) in [4.78, 5) is 2.99. The van der Waals surface area contributed by atoms with Crippen molar-refractivity contribution in [2.45, 2.75) is 13.0 Å². The van der Waals surface area contributed by atoms with Crippen molar-refractivity contribution in [1.82, 2.24) is 4.98 Å². The monoisotopic (exact) mass is 188 g/mol. The lowest BCUT2D eigenvalue weighted by Gasteiger charge is -2.00. The van der Waals surface area contributed by atoms with Crippen LogP contribution in [0.1, 0.15) is 18.5 Å². The van der Waals surface area contributed by atoms with E-state index in [0.29, 0.717) is 0 Å². The Labute approximate surface area is 62.6 Å². The Morgan fingerprint density at radius 1 is 1.78 bits per heavy atom. The van der Waals surface area contributed by atoms with Crippen LogP contribution in [-0.2, 0) is 0 Å². The highest BCUT2D eigenvalue weighted by molar-refractivity contribution is 9.10. The molecule has 0 aliphatic rings. The first-order chi connectivity index (χ1) is 4.22. The molecule has 0 aliphatic heterocycles. The summed E-state index contributed by atoms with van der Waals surface area (Å²) in [6, 6.07) is 2.07. The van der Waals surface area contributed by atoms with Gasteiger partial charge in [0.25, 0.3) is 0 Å². The molecule has 3 heteroatoms. The third-order valence-electron chi connectivity index (χ3n) is 1.22. The van der Waals surface area contributed by atoms with Crippen LogP contribution in [0.4, 0.5) is 0 Å². The Balaban J connectivity index is 2.94. The van der Waals surface area contributed by atoms with E-state index in [-0.39, 0.29) is 6.04 Å². The van der Waals surface area contributed by atoms with E-state index in [0.717, 1.165) is 10.2 Å². The van der Waals surface area contributed by atoms with Crippen LogP contribution in [0.3, 0.4) is 0 Å². The maximum absolute atomic E-state index is 5.61. The second-order valence-corrected chi connectivity index (χ2v) is 2.83. The molecule has 0 amide bonds. The summed E-state index contributed by atoms with van der Waals surface area (Å²) in [5, 5.41) is 0. The highest BCUT2D eigenvalue weighted by atomic mass is 79.9. The molecule has 1 aromatic heterocycles. The van der Waals surface area contributed by atoms with Crippen molar-refractivity contribution in [3.8, 4) is 0 Å². The first-order valence-corrected chi connectivity index (χ1v) is 3.59. The predicted octanol–water partition coefficient (Wildman–Crippen LogP) is 1.80. The minimum Gasteiger partial charge on any atom is -0.356 e. The van der Waals surface area contributed by atoms with Gasteiger partial charge in [-0.2, -0.15) is 0 Å². The molecule has 1 atom stereocenters. The van der Waals surface area contributed by atoms with Gasteiger partial charge in [-0.3, -0.25) is 0 Å². The molecule has 9 heavy (non-hydrogen) atoms. The SMILES string of the molecule is C[C@@H](N)c1cc[nH]c1Br. The second-order valence-electron chi connectivity index (χ2n) is 2.04. The summed E-state index contributed by atoms with van der Waals surface area (Å²) in [6.07, 6.45) is 1.86. The highest BCUT2D eigenvalue weighted by Crippen LogP contribution is 2.18. The van der Waals surface area contributed by atoms with E-state index in [1.807, 2.05) is 19.2 Å². The predicted molar refractivity (Wildman–Crippen MR) is 41.1 cm³/mol. The van der Waals surface area contributed by atoms with Gasteiger partial charge >= 0.3 is 0 Å². The molecule has 1 rings (SSSR count). The molecule has 0 aliphatic carbocycles. The minimum atomic E-state index is 0.102. The molecule has 1 aromatic rings. The topological polar surface area (TPSA) is 41.8 Å². The van der Waals surface area contributed by atoms with Crippen LogP contribution < -0.4 is 5.73 Å². The molecule has 0 aromatic carbocycles. The van der Waals surface area contributed by atoms with Crippen molar-refractivity contribution >= 4 is 15.9 Å². The van der Waals surface area contributed by atoms with Gasteiger partial charge in [-0.15, -0.1) is 0 Å². The average molecular weight is 189 g/mol. The van der Waals surface area contributed by atoms with E-state index < -0.39 is 0 Å². The van der Waals surface area contributed by atoms with Crippen molar-refractivity contribution in [3.63, 3.8) is 0 Å². The third kappa shape index (κ3) is 1.34. The van der Waals surface area contributed by atoms with Crippen LogP contribution in [0.15, 0.2) is 16.9 Å². The number of nitrogens with two attached hydrogens (primary N) is 1. The normalized spacial score (nSPS) is 13.7. The van der Waals surface area contributed by atoms with E-state index in [1.54, 1.807) is 0 Å². The van der Waals surface area contributed by atoms with E-state index in [2.05, 4.69) is 20.9 Å². The quantitative estimate of drug-likeness (QED) is 0.694. The molecule has 0 spiro atoms. The molecule has 3 N–H and O–H groups in total. The van der Waals surface area contributed by atoms with Gasteiger partial charge in [-0.1, -0.05) is 0 Å². The number of hydrogen-bond acceptors (Lipinski definition) is 1. The fourth-order valence-electron chi connectivity index (χ4n) is 0.713. The van der Waals surface area contributed by atoms with Gasteiger partial charge in [0.1, 0.15) is 0 Å². The van der Waals surface area contributed by atoms with Crippen molar-refractivity contribution in [2.24, 2.45) is 5.73 Å². The fourth-order valence-corrected chi connectivity index (χ4v) is 1.34. The summed E-state index contributed by atoms with van der Waals surface area (Å²) in [5.41, 5.74) is 6.73. The van der Waals surface area contributed by atoms with Crippen LogP contribution in [0, 0.1) is 0 Å². The Kier molecular flexibility index (Phi) is 1.93. The lowest BCUT2D eigenvalue weighted by atomic mass is 10.2. The van der Waals surface area contributed by atoms with Crippen LogP contribution in [0.25, 0.3) is 0 Å². The van der Waals surface area contributed by atoms with Gasteiger partial charge in [0.2, 0.25) is 0 Å². The van der Waals surface area contributed by atoms with Crippen LogP contribution in [0.5, 0.6) is 0 Å². The molecular weight excluding hydrogens is 180 g/mol. The summed E-state index contributed by atoms with van der Waals surface area (Å²) >= 11 is 3.33. The Morgan fingerprint density at radius 3 is 2.67 bits per heavy atom. The number of H-pyrrole nitrogens is 1. The molecule has 0 bridgehead atoms. The van der Waals surface area contributed by atoms with Gasteiger partial charge in [0.05, 0.1) is 4.60 Å². The largest absolute Gasteiger partial charge is 0.356 e. The Bertz CT molecular complexity index is 193. The van der Waals surface area contributed by atoms with E-state index in [9.17, 15) is 0 Å². The first kappa shape index (κ1) is 6.83. The molecule has 0 radical (unpaired) electrons. The number of aromatic nitrogens is 1. The zero-order valence-corrected chi connectivity index (χ0v) is 6.77. The van der Waals surface area contributed by atoms with Crippen molar-refractivity contribution in [2.75, 3.05) is 0 Å². The summed E-state index contributed by atoms with van der Waals surface area (Å²) in [7, 11) is 0. The molecular formula is C6H9BrN2. The molecule has 0 saturated heterocycles. The van der Waals surface area contributed by atoms with Crippen LogP contribution in [-0.4, -0.2) is 4.98 Å². The maximum Gasteiger partial charge on any atom is 0.0868 e. The van der Waals surface area contributed by atoms with Gasteiger partial charge in [0.15, 0.2) is 0 Å². The van der Waals surface area contributed by atoms with Gasteiger partial charge in [0, 0.05) is 17.8 Å².